The van der Waals surface area contributed by atoms with E-state index in [4.69, 9.17) is 11.6 Å². The van der Waals surface area contributed by atoms with E-state index in [1.54, 1.807) is 4.72 Å². The Hall–Kier alpha value is -1.94. The molecule has 0 fully saturated rings. The second-order valence-electron chi connectivity index (χ2n) is 4.82. The summed E-state index contributed by atoms with van der Waals surface area (Å²) in [6, 6.07) is 4.71. The molecule has 0 aliphatic carbocycles. The molecule has 2 aromatic carbocycles. The molecule has 0 aromatic heterocycles. The number of alkyl halides is 6. The van der Waals surface area contributed by atoms with Crippen LogP contribution < -0.4 is 4.72 Å². The van der Waals surface area contributed by atoms with Crippen molar-refractivity contribution in [3.05, 3.63) is 58.6 Å². The Morgan fingerprint density at radius 3 is 1.88 bits per heavy atom. The van der Waals surface area contributed by atoms with E-state index in [0.29, 0.717) is 30.3 Å². The molecule has 1 N–H and O–H groups in total. The van der Waals surface area contributed by atoms with Crippen LogP contribution in [0, 0.1) is 0 Å². The van der Waals surface area contributed by atoms with Crippen molar-refractivity contribution in [2.45, 2.75) is 17.2 Å². The SMILES string of the molecule is O=S(=O)(Nc1ccc(Cl)cc1C(F)(F)F)c1ccc(C(F)(F)F)cc1. The lowest BCUT2D eigenvalue weighted by Crippen LogP contribution is -2.17. The zero-order valence-corrected chi connectivity index (χ0v) is 13.5. The zero-order chi connectivity index (χ0) is 19.0. The van der Waals surface area contributed by atoms with Crippen molar-refractivity contribution in [3.63, 3.8) is 0 Å². The molecule has 0 aliphatic rings. The summed E-state index contributed by atoms with van der Waals surface area (Å²) >= 11 is 5.49. The Bertz CT molecular complexity index is 876. The first kappa shape index (κ1) is 19.4. The van der Waals surface area contributed by atoms with E-state index in [-0.39, 0.29) is 5.02 Å². The van der Waals surface area contributed by atoms with E-state index < -0.39 is 44.1 Å². The fourth-order valence-electron chi connectivity index (χ4n) is 1.87. The van der Waals surface area contributed by atoms with Crippen LogP contribution in [-0.2, 0) is 22.4 Å². The van der Waals surface area contributed by atoms with Gasteiger partial charge in [-0.2, -0.15) is 26.3 Å². The van der Waals surface area contributed by atoms with Crippen molar-refractivity contribution < 1.29 is 34.8 Å². The average Bonchev–Trinajstić information content (AvgIpc) is 2.47. The summed E-state index contributed by atoms with van der Waals surface area (Å²) in [5.74, 6) is 0. The van der Waals surface area contributed by atoms with Gasteiger partial charge in [-0.3, -0.25) is 4.72 Å². The second-order valence-corrected chi connectivity index (χ2v) is 6.93. The van der Waals surface area contributed by atoms with Gasteiger partial charge in [0.05, 0.1) is 21.7 Å². The summed E-state index contributed by atoms with van der Waals surface area (Å²) in [5.41, 5.74) is -3.21. The normalized spacial score (nSPS) is 12.9. The van der Waals surface area contributed by atoms with Crippen LogP contribution in [0.15, 0.2) is 47.4 Å². The Balaban J connectivity index is 2.40. The third-order valence-electron chi connectivity index (χ3n) is 3.02. The third-order valence-corrected chi connectivity index (χ3v) is 4.64. The van der Waals surface area contributed by atoms with Crippen molar-refractivity contribution in [2.75, 3.05) is 4.72 Å². The molecule has 3 nitrogen and oxygen atoms in total. The van der Waals surface area contributed by atoms with Crippen LogP contribution in [0.1, 0.15) is 11.1 Å². The van der Waals surface area contributed by atoms with E-state index >= 15 is 0 Å². The summed E-state index contributed by atoms with van der Waals surface area (Å²) in [6.07, 6.45) is -9.56. The van der Waals surface area contributed by atoms with Gasteiger partial charge in [-0.15, -0.1) is 0 Å². The fourth-order valence-corrected chi connectivity index (χ4v) is 3.12. The Morgan fingerprint density at radius 1 is 0.840 bits per heavy atom. The number of halogens is 7. The molecular formula is C14H8ClF6NO2S. The van der Waals surface area contributed by atoms with Crippen molar-refractivity contribution in [1.82, 2.24) is 0 Å². The van der Waals surface area contributed by atoms with Crippen LogP contribution in [0.25, 0.3) is 0 Å². The number of hydrogen-bond acceptors (Lipinski definition) is 2. The van der Waals surface area contributed by atoms with Crippen LogP contribution in [0.4, 0.5) is 32.0 Å². The number of nitrogens with one attached hydrogen (secondary N) is 1. The first-order chi connectivity index (χ1) is 11.3. The van der Waals surface area contributed by atoms with Crippen molar-refractivity contribution in [3.8, 4) is 0 Å². The Morgan fingerprint density at radius 2 is 1.40 bits per heavy atom. The second kappa shape index (κ2) is 6.41. The van der Waals surface area contributed by atoms with Gasteiger partial charge in [0.2, 0.25) is 0 Å². The van der Waals surface area contributed by atoms with Crippen LogP contribution in [0.2, 0.25) is 5.02 Å². The number of benzene rings is 2. The van der Waals surface area contributed by atoms with E-state index in [9.17, 15) is 34.8 Å². The predicted octanol–water partition coefficient (Wildman–Crippen LogP) is 5.18. The molecule has 0 spiro atoms. The molecule has 2 rings (SSSR count). The zero-order valence-electron chi connectivity index (χ0n) is 11.9. The van der Waals surface area contributed by atoms with Crippen molar-refractivity contribution in [2.24, 2.45) is 0 Å². The topological polar surface area (TPSA) is 46.2 Å². The van der Waals surface area contributed by atoms with Gasteiger partial charge in [-0.25, -0.2) is 8.42 Å². The van der Waals surface area contributed by atoms with E-state index in [0.717, 1.165) is 12.1 Å². The van der Waals surface area contributed by atoms with Gasteiger partial charge in [0.1, 0.15) is 0 Å². The fraction of sp³-hybridized carbons (Fsp3) is 0.143. The minimum absolute atomic E-state index is 0.259. The first-order valence-corrected chi connectivity index (χ1v) is 8.23. The molecule has 0 unspecified atom stereocenters. The summed E-state index contributed by atoms with van der Waals surface area (Å²) in [5, 5.41) is -0.259. The van der Waals surface area contributed by atoms with E-state index in [2.05, 4.69) is 0 Å². The molecule has 0 heterocycles. The molecule has 0 radical (unpaired) electrons. The summed E-state index contributed by atoms with van der Waals surface area (Å²) < 4.78 is 102. The summed E-state index contributed by atoms with van der Waals surface area (Å²) in [7, 11) is -4.53. The molecule has 2 aromatic rings. The lowest BCUT2D eigenvalue weighted by atomic mass is 10.2. The van der Waals surface area contributed by atoms with Crippen LogP contribution in [-0.4, -0.2) is 8.42 Å². The lowest BCUT2D eigenvalue weighted by Gasteiger charge is -2.15. The number of anilines is 1. The molecule has 0 atom stereocenters. The molecule has 0 saturated heterocycles. The largest absolute Gasteiger partial charge is 0.418 e. The van der Waals surface area contributed by atoms with E-state index in [1.807, 2.05) is 0 Å². The average molecular weight is 404 g/mol. The maximum absolute atomic E-state index is 13.0. The minimum Gasteiger partial charge on any atom is -0.279 e. The smallest absolute Gasteiger partial charge is 0.279 e. The van der Waals surface area contributed by atoms with Gasteiger partial charge < -0.3 is 0 Å². The standard InChI is InChI=1S/C14H8ClF6NO2S/c15-9-3-6-12(11(7-9)14(19,20)21)22-25(23,24)10-4-1-8(2-5-10)13(16,17)18/h1-7,22H. The Kier molecular flexibility index (Phi) is 4.97. The molecule has 0 amide bonds. The highest BCUT2D eigenvalue weighted by atomic mass is 35.5. The van der Waals surface area contributed by atoms with Crippen molar-refractivity contribution >= 4 is 27.3 Å². The maximum atomic E-state index is 13.0. The molecule has 11 heteroatoms. The summed E-state index contributed by atoms with van der Waals surface area (Å²) in [6.45, 7) is 0. The summed E-state index contributed by atoms with van der Waals surface area (Å²) in [4.78, 5) is -0.622. The molecule has 0 aliphatic heterocycles. The molecule has 0 bridgehead atoms. The Labute approximate surface area is 143 Å². The number of hydrogen-bond donors (Lipinski definition) is 1. The predicted molar refractivity (Wildman–Crippen MR) is 78.7 cm³/mol. The highest BCUT2D eigenvalue weighted by Gasteiger charge is 2.35. The minimum atomic E-state index is -4.89. The highest BCUT2D eigenvalue weighted by molar-refractivity contribution is 7.92. The van der Waals surface area contributed by atoms with Crippen LogP contribution in [0.5, 0.6) is 0 Å². The van der Waals surface area contributed by atoms with Crippen LogP contribution >= 0.6 is 11.6 Å². The van der Waals surface area contributed by atoms with Crippen molar-refractivity contribution in [1.29, 1.82) is 0 Å². The van der Waals surface area contributed by atoms with E-state index in [1.165, 1.54) is 0 Å². The quantitative estimate of drug-likeness (QED) is 0.718. The molecule has 136 valence electrons. The monoisotopic (exact) mass is 403 g/mol. The maximum Gasteiger partial charge on any atom is 0.418 e. The van der Waals surface area contributed by atoms with Gasteiger partial charge in [0, 0.05) is 5.02 Å². The molecule has 25 heavy (non-hydrogen) atoms. The molecule has 0 saturated carbocycles. The third kappa shape index (κ3) is 4.57. The highest BCUT2D eigenvalue weighted by Crippen LogP contribution is 2.37. The van der Waals surface area contributed by atoms with Gasteiger partial charge >= 0.3 is 12.4 Å². The first-order valence-electron chi connectivity index (χ1n) is 6.37. The number of sulfonamides is 1. The van der Waals surface area contributed by atoms with Crippen LogP contribution in [0.3, 0.4) is 0 Å². The van der Waals surface area contributed by atoms with Gasteiger partial charge in [-0.1, -0.05) is 11.6 Å². The van der Waals surface area contributed by atoms with Gasteiger partial charge in [0.25, 0.3) is 10.0 Å². The molecular weight excluding hydrogens is 396 g/mol. The lowest BCUT2D eigenvalue weighted by molar-refractivity contribution is -0.138. The number of rotatable bonds is 3. The van der Waals surface area contributed by atoms with Gasteiger partial charge in [0.15, 0.2) is 0 Å². The van der Waals surface area contributed by atoms with Gasteiger partial charge in [-0.05, 0) is 42.5 Å².